The third kappa shape index (κ3) is 2.99. The number of amides is 1. The number of carbonyl (C=O) groups is 2. The zero-order chi connectivity index (χ0) is 17.3. The first-order valence-corrected chi connectivity index (χ1v) is 7.65. The first-order valence-electron chi connectivity index (χ1n) is 7.65. The van der Waals surface area contributed by atoms with Gasteiger partial charge >= 0.3 is 5.97 Å². The Labute approximate surface area is 137 Å². The summed E-state index contributed by atoms with van der Waals surface area (Å²) in [5.74, 6) is -1.74. The number of halogens is 1. The lowest BCUT2D eigenvalue weighted by atomic mass is 10.2. The van der Waals surface area contributed by atoms with E-state index in [-0.39, 0.29) is 11.5 Å². The zero-order valence-corrected chi connectivity index (χ0v) is 13.1. The van der Waals surface area contributed by atoms with Crippen molar-refractivity contribution in [2.75, 3.05) is 6.54 Å². The molecule has 0 aliphatic carbocycles. The lowest BCUT2D eigenvalue weighted by Gasteiger charge is -2.20. The van der Waals surface area contributed by atoms with Crippen LogP contribution in [0.2, 0.25) is 0 Å². The van der Waals surface area contributed by atoms with Gasteiger partial charge in [0.1, 0.15) is 11.9 Å². The van der Waals surface area contributed by atoms with Crippen molar-refractivity contribution in [1.29, 1.82) is 0 Å². The molecular weight excluding hydrogens is 315 g/mol. The van der Waals surface area contributed by atoms with E-state index in [4.69, 9.17) is 0 Å². The first-order chi connectivity index (χ1) is 11.5. The Bertz CT molecular complexity index is 772. The molecule has 1 N–H and O–H groups in total. The third-order valence-corrected chi connectivity index (χ3v) is 4.23. The molecule has 3 rings (SSSR count). The molecule has 2 heterocycles. The summed E-state index contributed by atoms with van der Waals surface area (Å²) in [4.78, 5) is 25.2. The Hall–Kier alpha value is -2.77. The monoisotopic (exact) mass is 332 g/mol. The van der Waals surface area contributed by atoms with E-state index in [0.29, 0.717) is 31.6 Å². The lowest BCUT2D eigenvalue weighted by molar-refractivity contribution is -0.141. The number of likely N-dealkylation sites (tertiary alicyclic amines) is 1. The predicted octanol–water partition coefficient (Wildman–Crippen LogP) is 1.46. The van der Waals surface area contributed by atoms with E-state index in [9.17, 15) is 19.1 Å². The van der Waals surface area contributed by atoms with Crippen molar-refractivity contribution in [1.82, 2.24) is 19.9 Å². The molecule has 1 aromatic carbocycles. The molecule has 1 fully saturated rings. The Morgan fingerprint density at radius 1 is 1.33 bits per heavy atom. The molecule has 0 radical (unpaired) electrons. The summed E-state index contributed by atoms with van der Waals surface area (Å²) in [6, 6.07) is 5.18. The molecule has 1 aromatic heterocycles. The van der Waals surface area contributed by atoms with Crippen molar-refractivity contribution in [3.8, 4) is 0 Å². The van der Waals surface area contributed by atoms with Crippen LogP contribution in [0.25, 0.3) is 0 Å². The van der Waals surface area contributed by atoms with Crippen LogP contribution in [-0.2, 0) is 11.3 Å². The van der Waals surface area contributed by atoms with Crippen molar-refractivity contribution in [2.45, 2.75) is 32.4 Å². The summed E-state index contributed by atoms with van der Waals surface area (Å²) in [7, 11) is 0. The van der Waals surface area contributed by atoms with E-state index in [0.717, 1.165) is 5.56 Å². The number of rotatable bonds is 4. The largest absolute Gasteiger partial charge is 0.480 e. The number of nitrogens with zero attached hydrogens (tertiary/aromatic N) is 4. The van der Waals surface area contributed by atoms with Crippen LogP contribution in [0.15, 0.2) is 24.3 Å². The van der Waals surface area contributed by atoms with Gasteiger partial charge in [0.15, 0.2) is 5.69 Å². The van der Waals surface area contributed by atoms with Crippen molar-refractivity contribution >= 4 is 11.9 Å². The van der Waals surface area contributed by atoms with E-state index < -0.39 is 17.9 Å². The van der Waals surface area contributed by atoms with Gasteiger partial charge in [0.25, 0.3) is 5.91 Å². The molecule has 126 valence electrons. The lowest BCUT2D eigenvalue weighted by Crippen LogP contribution is -2.40. The van der Waals surface area contributed by atoms with E-state index in [1.165, 1.54) is 17.0 Å². The van der Waals surface area contributed by atoms with Crippen molar-refractivity contribution in [2.24, 2.45) is 0 Å². The summed E-state index contributed by atoms with van der Waals surface area (Å²) >= 11 is 0. The highest BCUT2D eigenvalue weighted by molar-refractivity contribution is 5.96. The number of carboxylic acid groups (broad SMARTS) is 1. The minimum Gasteiger partial charge on any atom is -0.480 e. The SMILES string of the molecule is Cc1c(C(=O)N2CCCC2C(=O)O)nnn1Cc1ccc(F)cc1. The third-order valence-electron chi connectivity index (χ3n) is 4.23. The summed E-state index contributed by atoms with van der Waals surface area (Å²) < 4.78 is 14.5. The summed E-state index contributed by atoms with van der Waals surface area (Å²) in [6.45, 7) is 2.47. The Kier molecular flexibility index (Phi) is 4.28. The number of hydrogen-bond acceptors (Lipinski definition) is 4. The fourth-order valence-corrected chi connectivity index (χ4v) is 2.87. The summed E-state index contributed by atoms with van der Waals surface area (Å²) in [6.07, 6.45) is 1.11. The minimum absolute atomic E-state index is 0.158. The Morgan fingerprint density at radius 3 is 2.71 bits per heavy atom. The maximum absolute atomic E-state index is 13.0. The fraction of sp³-hybridized carbons (Fsp3) is 0.375. The standard InChI is InChI=1S/C16H17FN4O3/c1-10-14(15(22)20-8-2-3-13(20)16(23)24)18-19-21(10)9-11-4-6-12(17)7-5-11/h4-7,13H,2-3,8-9H2,1H3,(H,23,24). The second-order valence-electron chi connectivity index (χ2n) is 5.80. The van der Waals surface area contributed by atoms with Gasteiger partial charge < -0.3 is 10.0 Å². The molecule has 0 saturated carbocycles. The molecule has 24 heavy (non-hydrogen) atoms. The normalized spacial score (nSPS) is 17.2. The predicted molar refractivity (Wildman–Crippen MR) is 82.0 cm³/mol. The average molecular weight is 332 g/mol. The number of benzene rings is 1. The molecule has 7 nitrogen and oxygen atoms in total. The maximum atomic E-state index is 13.0. The highest BCUT2D eigenvalue weighted by Gasteiger charge is 2.36. The molecule has 1 atom stereocenters. The van der Waals surface area contributed by atoms with Crippen LogP contribution in [0.3, 0.4) is 0 Å². The van der Waals surface area contributed by atoms with Crippen LogP contribution in [-0.4, -0.2) is 49.5 Å². The van der Waals surface area contributed by atoms with Gasteiger partial charge in [-0.15, -0.1) is 5.10 Å². The summed E-state index contributed by atoms with van der Waals surface area (Å²) in [5.41, 5.74) is 1.54. The van der Waals surface area contributed by atoms with Crippen LogP contribution in [0.1, 0.15) is 34.6 Å². The second kappa shape index (κ2) is 6.38. The minimum atomic E-state index is -1.00. The van der Waals surface area contributed by atoms with E-state index in [2.05, 4.69) is 10.3 Å². The van der Waals surface area contributed by atoms with Gasteiger partial charge in [-0.25, -0.2) is 13.9 Å². The van der Waals surface area contributed by atoms with Crippen LogP contribution in [0.5, 0.6) is 0 Å². The number of carboxylic acids is 1. The molecule has 2 aromatic rings. The molecule has 1 unspecified atom stereocenters. The highest BCUT2D eigenvalue weighted by atomic mass is 19.1. The van der Waals surface area contributed by atoms with Gasteiger partial charge in [-0.3, -0.25) is 4.79 Å². The van der Waals surface area contributed by atoms with E-state index >= 15 is 0 Å². The average Bonchev–Trinajstić information content (AvgIpc) is 3.17. The van der Waals surface area contributed by atoms with Crippen LogP contribution >= 0.6 is 0 Å². The van der Waals surface area contributed by atoms with Crippen molar-refractivity contribution < 1.29 is 19.1 Å². The topological polar surface area (TPSA) is 88.3 Å². The van der Waals surface area contributed by atoms with Crippen LogP contribution < -0.4 is 0 Å². The van der Waals surface area contributed by atoms with Gasteiger partial charge in [0.05, 0.1) is 12.2 Å². The van der Waals surface area contributed by atoms with Crippen LogP contribution in [0, 0.1) is 12.7 Å². The Morgan fingerprint density at radius 2 is 2.04 bits per heavy atom. The zero-order valence-electron chi connectivity index (χ0n) is 13.1. The molecule has 1 amide bonds. The number of aromatic nitrogens is 3. The second-order valence-corrected chi connectivity index (χ2v) is 5.80. The molecule has 0 bridgehead atoms. The first kappa shape index (κ1) is 16.1. The van der Waals surface area contributed by atoms with Crippen molar-refractivity contribution in [3.05, 3.63) is 47.0 Å². The molecule has 1 saturated heterocycles. The van der Waals surface area contributed by atoms with Gasteiger partial charge in [-0.2, -0.15) is 0 Å². The smallest absolute Gasteiger partial charge is 0.326 e. The highest BCUT2D eigenvalue weighted by Crippen LogP contribution is 2.21. The van der Waals surface area contributed by atoms with E-state index in [1.54, 1.807) is 23.7 Å². The van der Waals surface area contributed by atoms with Crippen molar-refractivity contribution in [3.63, 3.8) is 0 Å². The maximum Gasteiger partial charge on any atom is 0.326 e. The molecule has 8 heteroatoms. The summed E-state index contributed by atoms with van der Waals surface area (Å²) in [5, 5.41) is 17.1. The molecule has 1 aliphatic heterocycles. The molecule has 0 spiro atoms. The molecular formula is C16H17FN4O3. The van der Waals surface area contributed by atoms with Crippen LogP contribution in [0.4, 0.5) is 4.39 Å². The number of carbonyl (C=O) groups excluding carboxylic acids is 1. The van der Waals surface area contributed by atoms with Gasteiger partial charge in [-0.1, -0.05) is 17.3 Å². The number of aliphatic carboxylic acids is 1. The molecule has 1 aliphatic rings. The fourth-order valence-electron chi connectivity index (χ4n) is 2.87. The van der Waals surface area contributed by atoms with Gasteiger partial charge in [0.2, 0.25) is 0 Å². The Balaban J connectivity index is 1.80. The van der Waals surface area contributed by atoms with Gasteiger partial charge in [-0.05, 0) is 37.5 Å². The van der Waals surface area contributed by atoms with Gasteiger partial charge in [0, 0.05) is 6.54 Å². The number of hydrogen-bond donors (Lipinski definition) is 1. The quantitative estimate of drug-likeness (QED) is 0.916. The van der Waals surface area contributed by atoms with E-state index in [1.807, 2.05) is 0 Å².